The zero-order valence-corrected chi connectivity index (χ0v) is 10.0. The Kier molecular flexibility index (Phi) is 2.63. The molecular weight excluding hydrogens is 216 g/mol. The molecule has 1 saturated carbocycles. The highest BCUT2D eigenvalue weighted by Crippen LogP contribution is 2.30. The van der Waals surface area contributed by atoms with Crippen LogP contribution in [0.25, 0.3) is 0 Å². The molecule has 2 heterocycles. The summed E-state index contributed by atoms with van der Waals surface area (Å²) in [5.74, 6) is 0.846. The van der Waals surface area contributed by atoms with Crippen LogP contribution in [-0.2, 0) is 11.8 Å². The minimum atomic E-state index is 0.207. The van der Waals surface area contributed by atoms with Crippen LogP contribution in [0.3, 0.4) is 0 Å². The number of rotatable bonds is 3. The molecule has 17 heavy (non-hydrogen) atoms. The molecule has 0 aromatic carbocycles. The van der Waals surface area contributed by atoms with Crippen LogP contribution in [0.2, 0.25) is 0 Å². The van der Waals surface area contributed by atoms with E-state index in [-0.39, 0.29) is 17.9 Å². The standard InChI is InChI=1S/C12H18N4O/c1-16-11(4-5-14-16)9-6-13-7-10(9)15-12(17)8-2-3-8/h4-5,8-10,13H,2-3,6-7H2,1H3,(H,15,17)/t9-,10-/m1/s1. The van der Waals surface area contributed by atoms with E-state index in [4.69, 9.17) is 0 Å². The maximum atomic E-state index is 11.8. The van der Waals surface area contributed by atoms with E-state index in [9.17, 15) is 4.79 Å². The second-order valence-electron chi connectivity index (χ2n) is 5.03. The van der Waals surface area contributed by atoms with E-state index in [0.29, 0.717) is 5.92 Å². The van der Waals surface area contributed by atoms with Crippen LogP contribution in [-0.4, -0.2) is 34.8 Å². The third-order valence-corrected chi connectivity index (χ3v) is 3.73. The van der Waals surface area contributed by atoms with Crippen molar-refractivity contribution in [3.63, 3.8) is 0 Å². The van der Waals surface area contributed by atoms with Crippen molar-refractivity contribution in [2.24, 2.45) is 13.0 Å². The normalized spacial score (nSPS) is 28.3. The van der Waals surface area contributed by atoms with E-state index in [1.165, 1.54) is 5.69 Å². The Bertz CT molecular complexity index is 424. The maximum Gasteiger partial charge on any atom is 0.223 e. The van der Waals surface area contributed by atoms with Gasteiger partial charge in [0.2, 0.25) is 5.91 Å². The minimum Gasteiger partial charge on any atom is -0.351 e. The predicted molar refractivity (Wildman–Crippen MR) is 63.5 cm³/mol. The third kappa shape index (κ3) is 2.07. The average Bonchev–Trinajstić information content (AvgIpc) is 2.94. The number of carbonyl (C=O) groups excluding carboxylic acids is 1. The van der Waals surface area contributed by atoms with Gasteiger partial charge in [-0.2, -0.15) is 5.10 Å². The van der Waals surface area contributed by atoms with E-state index in [1.807, 2.05) is 24.0 Å². The molecule has 2 atom stereocenters. The second kappa shape index (κ2) is 4.14. The summed E-state index contributed by atoms with van der Waals surface area (Å²) in [6.07, 6.45) is 3.93. The van der Waals surface area contributed by atoms with Gasteiger partial charge in [0.05, 0.1) is 6.04 Å². The summed E-state index contributed by atoms with van der Waals surface area (Å²) in [5.41, 5.74) is 1.19. The van der Waals surface area contributed by atoms with Gasteiger partial charge in [0, 0.05) is 43.9 Å². The van der Waals surface area contributed by atoms with Gasteiger partial charge in [0.25, 0.3) is 0 Å². The van der Waals surface area contributed by atoms with Gasteiger partial charge >= 0.3 is 0 Å². The van der Waals surface area contributed by atoms with Crippen LogP contribution in [0.4, 0.5) is 0 Å². The highest BCUT2D eigenvalue weighted by Gasteiger charge is 2.36. The minimum absolute atomic E-state index is 0.207. The highest BCUT2D eigenvalue weighted by molar-refractivity contribution is 5.81. The molecule has 1 aliphatic heterocycles. The van der Waals surface area contributed by atoms with Crippen molar-refractivity contribution in [3.8, 4) is 0 Å². The summed E-state index contributed by atoms with van der Waals surface area (Å²) < 4.78 is 1.90. The fourth-order valence-electron chi connectivity index (χ4n) is 2.54. The van der Waals surface area contributed by atoms with Crippen molar-refractivity contribution < 1.29 is 4.79 Å². The van der Waals surface area contributed by atoms with Crippen molar-refractivity contribution in [1.82, 2.24) is 20.4 Å². The zero-order chi connectivity index (χ0) is 11.8. The van der Waals surface area contributed by atoms with Crippen molar-refractivity contribution >= 4 is 5.91 Å². The first-order chi connectivity index (χ1) is 8.25. The lowest BCUT2D eigenvalue weighted by molar-refractivity contribution is -0.123. The first-order valence-electron chi connectivity index (χ1n) is 6.24. The van der Waals surface area contributed by atoms with Crippen molar-refractivity contribution in [1.29, 1.82) is 0 Å². The van der Waals surface area contributed by atoms with E-state index < -0.39 is 0 Å². The summed E-state index contributed by atoms with van der Waals surface area (Å²) in [6, 6.07) is 2.24. The monoisotopic (exact) mass is 234 g/mol. The van der Waals surface area contributed by atoms with Crippen LogP contribution in [0, 0.1) is 5.92 Å². The van der Waals surface area contributed by atoms with Gasteiger partial charge in [-0.1, -0.05) is 0 Å². The molecule has 2 fully saturated rings. The van der Waals surface area contributed by atoms with Crippen molar-refractivity contribution in [3.05, 3.63) is 18.0 Å². The van der Waals surface area contributed by atoms with Gasteiger partial charge in [0.15, 0.2) is 0 Å². The smallest absolute Gasteiger partial charge is 0.223 e. The number of hydrogen-bond acceptors (Lipinski definition) is 3. The Hall–Kier alpha value is -1.36. The summed E-state index contributed by atoms with van der Waals surface area (Å²) in [7, 11) is 1.95. The third-order valence-electron chi connectivity index (χ3n) is 3.73. The Morgan fingerprint density at radius 3 is 3.00 bits per heavy atom. The quantitative estimate of drug-likeness (QED) is 0.774. The number of aryl methyl sites for hydroxylation is 1. The Morgan fingerprint density at radius 2 is 2.35 bits per heavy atom. The number of amides is 1. The second-order valence-corrected chi connectivity index (χ2v) is 5.03. The molecule has 1 saturated heterocycles. The maximum absolute atomic E-state index is 11.8. The summed E-state index contributed by atoms with van der Waals surface area (Å²) in [6.45, 7) is 1.77. The molecule has 5 heteroatoms. The fourth-order valence-corrected chi connectivity index (χ4v) is 2.54. The first kappa shape index (κ1) is 10.8. The molecule has 2 N–H and O–H groups in total. The van der Waals surface area contributed by atoms with E-state index >= 15 is 0 Å². The highest BCUT2D eigenvalue weighted by atomic mass is 16.2. The van der Waals surface area contributed by atoms with E-state index in [0.717, 1.165) is 25.9 Å². The van der Waals surface area contributed by atoms with Crippen LogP contribution in [0.5, 0.6) is 0 Å². The predicted octanol–water partition coefficient (Wildman–Crippen LogP) is 0.00170. The topological polar surface area (TPSA) is 59.0 Å². The number of carbonyl (C=O) groups is 1. The number of nitrogens with zero attached hydrogens (tertiary/aromatic N) is 2. The molecule has 1 amide bonds. The summed E-state index contributed by atoms with van der Waals surface area (Å²) in [5, 5.41) is 10.7. The summed E-state index contributed by atoms with van der Waals surface area (Å²) in [4.78, 5) is 11.8. The molecule has 0 radical (unpaired) electrons. The fraction of sp³-hybridized carbons (Fsp3) is 0.667. The lowest BCUT2D eigenvalue weighted by Gasteiger charge is -2.20. The molecule has 3 rings (SSSR count). The van der Waals surface area contributed by atoms with Crippen LogP contribution >= 0.6 is 0 Å². The number of aromatic nitrogens is 2. The van der Waals surface area contributed by atoms with E-state index in [2.05, 4.69) is 15.7 Å². The lowest BCUT2D eigenvalue weighted by atomic mass is 9.99. The molecular formula is C12H18N4O. The van der Waals surface area contributed by atoms with Crippen LogP contribution in [0.1, 0.15) is 24.5 Å². The first-order valence-corrected chi connectivity index (χ1v) is 6.24. The SMILES string of the molecule is Cn1nccc1[C@@H]1CNC[C@H]1NC(=O)C1CC1. The average molecular weight is 234 g/mol. The van der Waals surface area contributed by atoms with Gasteiger partial charge in [-0.3, -0.25) is 9.48 Å². The van der Waals surface area contributed by atoms with Crippen LogP contribution in [0.15, 0.2) is 12.3 Å². The van der Waals surface area contributed by atoms with Gasteiger partial charge in [-0.15, -0.1) is 0 Å². The summed E-state index contributed by atoms with van der Waals surface area (Å²) >= 11 is 0. The van der Waals surface area contributed by atoms with Gasteiger partial charge in [0.1, 0.15) is 0 Å². The molecule has 0 spiro atoms. The molecule has 0 bridgehead atoms. The Balaban J connectivity index is 1.71. The number of hydrogen-bond donors (Lipinski definition) is 2. The number of nitrogens with one attached hydrogen (secondary N) is 2. The molecule has 1 aromatic rings. The van der Waals surface area contributed by atoms with Gasteiger partial charge in [-0.05, 0) is 18.9 Å². The molecule has 2 aliphatic rings. The Labute approximate surface area is 101 Å². The van der Waals surface area contributed by atoms with Gasteiger partial charge in [-0.25, -0.2) is 0 Å². The van der Waals surface area contributed by atoms with E-state index in [1.54, 1.807) is 0 Å². The van der Waals surface area contributed by atoms with Crippen molar-refractivity contribution in [2.45, 2.75) is 24.8 Å². The zero-order valence-electron chi connectivity index (χ0n) is 10.0. The lowest BCUT2D eigenvalue weighted by Crippen LogP contribution is -2.40. The molecule has 1 aliphatic carbocycles. The molecule has 92 valence electrons. The largest absolute Gasteiger partial charge is 0.351 e. The molecule has 1 aromatic heterocycles. The molecule has 5 nitrogen and oxygen atoms in total. The van der Waals surface area contributed by atoms with Gasteiger partial charge < -0.3 is 10.6 Å². The van der Waals surface area contributed by atoms with Crippen LogP contribution < -0.4 is 10.6 Å². The molecule has 0 unspecified atom stereocenters. The van der Waals surface area contributed by atoms with Crippen molar-refractivity contribution in [2.75, 3.05) is 13.1 Å². The Morgan fingerprint density at radius 1 is 1.53 bits per heavy atom.